The lowest BCUT2D eigenvalue weighted by molar-refractivity contribution is -0.0178. The second-order valence-electron chi connectivity index (χ2n) is 6.20. The van der Waals surface area contributed by atoms with Crippen LogP contribution in [0.25, 0.3) is 11.2 Å². The van der Waals surface area contributed by atoms with Gasteiger partial charge in [-0.3, -0.25) is 9.13 Å². The fourth-order valence-electron chi connectivity index (χ4n) is 3.14. The van der Waals surface area contributed by atoms with Gasteiger partial charge in [-0.05, 0) is 25.7 Å². The highest BCUT2D eigenvalue weighted by Crippen LogP contribution is 2.50. The molecule has 0 saturated carbocycles. The predicted molar refractivity (Wildman–Crippen MR) is 93.0 cm³/mol. The number of nitrogen functional groups attached to an aromatic ring is 1. The minimum absolute atomic E-state index is 0.102. The summed E-state index contributed by atoms with van der Waals surface area (Å²) in [6.07, 6.45) is 5.22. The molecule has 3 N–H and O–H groups in total. The smallest absolute Gasteiger partial charge is 0.331 e. The van der Waals surface area contributed by atoms with Crippen molar-refractivity contribution in [1.82, 2.24) is 19.5 Å². The normalized spacial score (nSPS) is 23.4. The van der Waals surface area contributed by atoms with Crippen molar-refractivity contribution in [2.24, 2.45) is 0 Å². The SMILES string of the molecule is CCC(CC)P(=O)(O)OC[C@@H]1CC[C@H](n2cnc3c(N)ncnc32)O1. The predicted octanol–water partition coefficient (Wildman–Crippen LogP) is 2.48. The van der Waals surface area contributed by atoms with Gasteiger partial charge < -0.3 is 19.9 Å². The summed E-state index contributed by atoms with van der Waals surface area (Å²) >= 11 is 0. The van der Waals surface area contributed by atoms with E-state index in [9.17, 15) is 9.46 Å². The Morgan fingerprint density at radius 1 is 1.40 bits per heavy atom. The van der Waals surface area contributed by atoms with Gasteiger partial charge in [-0.15, -0.1) is 0 Å². The van der Waals surface area contributed by atoms with E-state index in [1.165, 1.54) is 6.33 Å². The van der Waals surface area contributed by atoms with E-state index in [0.29, 0.717) is 29.8 Å². The third-order valence-electron chi connectivity index (χ3n) is 4.63. The number of rotatable bonds is 7. The third-order valence-corrected chi connectivity index (χ3v) is 6.80. The lowest BCUT2D eigenvalue weighted by Gasteiger charge is -2.22. The van der Waals surface area contributed by atoms with Crippen molar-refractivity contribution < 1.29 is 18.7 Å². The maximum absolute atomic E-state index is 12.3. The van der Waals surface area contributed by atoms with Gasteiger partial charge in [-0.1, -0.05) is 13.8 Å². The number of nitrogens with zero attached hydrogens (tertiary/aromatic N) is 4. The zero-order valence-corrected chi connectivity index (χ0v) is 15.3. The van der Waals surface area contributed by atoms with E-state index in [1.54, 1.807) is 6.33 Å². The van der Waals surface area contributed by atoms with Crippen molar-refractivity contribution in [3.8, 4) is 0 Å². The molecule has 0 amide bonds. The molecule has 2 aromatic heterocycles. The molecule has 2 aromatic rings. The molecule has 1 aliphatic rings. The summed E-state index contributed by atoms with van der Waals surface area (Å²) < 4.78 is 25.4. The van der Waals surface area contributed by atoms with Crippen LogP contribution in [-0.4, -0.2) is 42.8 Å². The maximum Gasteiger partial charge on any atom is 0.331 e. The Morgan fingerprint density at radius 2 is 2.16 bits per heavy atom. The quantitative estimate of drug-likeness (QED) is 0.713. The number of fused-ring (bicyclic) bond motifs is 1. The molecule has 0 spiro atoms. The van der Waals surface area contributed by atoms with Crippen molar-refractivity contribution >= 4 is 24.6 Å². The Kier molecular flexibility index (Phi) is 5.38. The first-order chi connectivity index (χ1) is 12.0. The molecule has 0 aliphatic carbocycles. The molecule has 138 valence electrons. The molecule has 25 heavy (non-hydrogen) atoms. The molecule has 0 aromatic carbocycles. The van der Waals surface area contributed by atoms with Gasteiger partial charge in [0.2, 0.25) is 0 Å². The van der Waals surface area contributed by atoms with E-state index >= 15 is 0 Å². The van der Waals surface area contributed by atoms with Crippen LogP contribution >= 0.6 is 7.60 Å². The molecule has 10 heteroatoms. The molecular formula is C15H24N5O4P. The Morgan fingerprint density at radius 3 is 2.88 bits per heavy atom. The monoisotopic (exact) mass is 369 g/mol. The summed E-state index contributed by atoms with van der Waals surface area (Å²) in [6, 6.07) is 0. The average Bonchev–Trinajstić information content (AvgIpc) is 3.21. The lowest BCUT2D eigenvalue weighted by Crippen LogP contribution is -2.18. The van der Waals surface area contributed by atoms with Gasteiger partial charge in [0.25, 0.3) is 0 Å². The molecule has 3 heterocycles. The highest BCUT2D eigenvalue weighted by Gasteiger charge is 2.33. The second kappa shape index (κ2) is 7.37. The third kappa shape index (κ3) is 3.69. The van der Waals surface area contributed by atoms with Gasteiger partial charge in [0.05, 0.1) is 24.7 Å². The molecule has 1 unspecified atom stereocenters. The Labute approximate surface area is 146 Å². The molecule has 3 rings (SSSR count). The number of nitrogens with two attached hydrogens (primary N) is 1. The molecule has 1 aliphatic heterocycles. The maximum atomic E-state index is 12.3. The van der Waals surface area contributed by atoms with Gasteiger partial charge in [0.15, 0.2) is 11.5 Å². The summed E-state index contributed by atoms with van der Waals surface area (Å²) in [5.74, 6) is 0.327. The van der Waals surface area contributed by atoms with Gasteiger partial charge in [-0.25, -0.2) is 15.0 Å². The fourth-order valence-corrected chi connectivity index (χ4v) is 4.65. The summed E-state index contributed by atoms with van der Waals surface area (Å²) in [5, 5.41) is 0. The van der Waals surface area contributed by atoms with Crippen LogP contribution in [0.3, 0.4) is 0 Å². The summed E-state index contributed by atoms with van der Waals surface area (Å²) in [6.45, 7) is 3.88. The first-order valence-corrected chi connectivity index (χ1v) is 10.2. The van der Waals surface area contributed by atoms with Crippen LogP contribution in [0.4, 0.5) is 5.82 Å². The lowest BCUT2D eigenvalue weighted by atomic mass is 10.2. The number of hydrogen-bond acceptors (Lipinski definition) is 7. The largest absolute Gasteiger partial charge is 0.382 e. The van der Waals surface area contributed by atoms with Crippen LogP contribution in [0.5, 0.6) is 0 Å². The van der Waals surface area contributed by atoms with Gasteiger partial charge in [-0.2, -0.15) is 0 Å². The topological polar surface area (TPSA) is 125 Å². The zero-order valence-electron chi connectivity index (χ0n) is 14.4. The van der Waals surface area contributed by atoms with E-state index in [0.717, 1.165) is 12.8 Å². The molecule has 1 saturated heterocycles. The van der Waals surface area contributed by atoms with Gasteiger partial charge in [0, 0.05) is 0 Å². The second-order valence-corrected chi connectivity index (χ2v) is 8.32. The molecule has 0 radical (unpaired) electrons. The van der Waals surface area contributed by atoms with E-state index in [1.807, 2.05) is 18.4 Å². The van der Waals surface area contributed by atoms with Crippen molar-refractivity contribution in [1.29, 1.82) is 0 Å². The number of ether oxygens (including phenoxy) is 1. The fraction of sp³-hybridized carbons (Fsp3) is 0.667. The Balaban J connectivity index is 1.64. The molecule has 1 fully saturated rings. The van der Waals surface area contributed by atoms with Crippen molar-refractivity contribution in [2.75, 3.05) is 12.3 Å². The molecule has 0 bridgehead atoms. The average molecular weight is 369 g/mol. The van der Waals surface area contributed by atoms with E-state index in [-0.39, 0.29) is 24.6 Å². The van der Waals surface area contributed by atoms with Crippen molar-refractivity contribution in [3.63, 3.8) is 0 Å². The summed E-state index contributed by atoms with van der Waals surface area (Å²) in [7, 11) is -3.62. The number of aromatic nitrogens is 4. The van der Waals surface area contributed by atoms with Gasteiger partial charge in [0.1, 0.15) is 18.1 Å². The highest BCUT2D eigenvalue weighted by atomic mass is 31.2. The van der Waals surface area contributed by atoms with Crippen LogP contribution in [0.15, 0.2) is 12.7 Å². The standard InChI is InChI=1S/C15H24N5O4P/c1-3-11(4-2)25(21,22)23-7-10-5-6-12(24-10)20-9-19-13-14(16)17-8-18-15(13)20/h8-12H,3-7H2,1-2H3,(H,21,22)(H2,16,17,18)/t10-,12+/m0/s1. The minimum Gasteiger partial charge on any atom is -0.382 e. The summed E-state index contributed by atoms with van der Waals surface area (Å²) in [4.78, 5) is 22.5. The van der Waals surface area contributed by atoms with Crippen molar-refractivity contribution in [2.45, 2.75) is 57.5 Å². The minimum atomic E-state index is -3.62. The van der Waals surface area contributed by atoms with E-state index in [2.05, 4.69) is 15.0 Å². The Bertz CT molecular complexity index is 778. The van der Waals surface area contributed by atoms with Gasteiger partial charge >= 0.3 is 7.60 Å². The van der Waals surface area contributed by atoms with Crippen LogP contribution < -0.4 is 5.73 Å². The van der Waals surface area contributed by atoms with Crippen LogP contribution in [-0.2, 0) is 13.8 Å². The highest BCUT2D eigenvalue weighted by molar-refractivity contribution is 7.53. The number of hydrogen-bond donors (Lipinski definition) is 2. The number of anilines is 1. The summed E-state index contributed by atoms with van der Waals surface area (Å²) in [5.41, 5.74) is 6.62. The molecule has 9 nitrogen and oxygen atoms in total. The molecule has 3 atom stereocenters. The van der Waals surface area contributed by atoms with E-state index in [4.69, 9.17) is 15.0 Å². The first-order valence-electron chi connectivity index (χ1n) is 8.51. The van der Waals surface area contributed by atoms with Crippen LogP contribution in [0, 0.1) is 0 Å². The van der Waals surface area contributed by atoms with E-state index < -0.39 is 7.60 Å². The number of imidazole rings is 1. The molecular weight excluding hydrogens is 345 g/mol. The Hall–Kier alpha value is -1.54. The first kappa shape index (κ1) is 18.3. The van der Waals surface area contributed by atoms with Crippen LogP contribution in [0.1, 0.15) is 45.8 Å². The van der Waals surface area contributed by atoms with Crippen molar-refractivity contribution in [3.05, 3.63) is 12.7 Å². The zero-order chi connectivity index (χ0) is 18.0. The van der Waals surface area contributed by atoms with Crippen LogP contribution in [0.2, 0.25) is 0 Å².